The maximum Gasteiger partial charge on any atom is 0.271 e. The molecule has 3 rings (SSSR count). The number of hydrogen-bond acceptors (Lipinski definition) is 5. The van der Waals surface area contributed by atoms with Gasteiger partial charge in [-0.2, -0.15) is 0 Å². The largest absolute Gasteiger partial charge is 0.346 e. The number of carbonyl (C=O) groups excluding carboxylic acids is 2. The van der Waals surface area contributed by atoms with E-state index in [9.17, 15) is 14.0 Å². The van der Waals surface area contributed by atoms with Gasteiger partial charge >= 0.3 is 0 Å². The van der Waals surface area contributed by atoms with Crippen LogP contribution in [-0.4, -0.2) is 21.8 Å². The van der Waals surface area contributed by atoms with Gasteiger partial charge in [0.05, 0.1) is 12.4 Å². The Morgan fingerprint density at radius 2 is 1.79 bits per heavy atom. The van der Waals surface area contributed by atoms with Crippen LogP contribution >= 0.6 is 0 Å². The number of benzene rings is 2. The molecule has 3 N–H and O–H groups in total. The third-order valence-electron chi connectivity index (χ3n) is 3.74. The summed E-state index contributed by atoms with van der Waals surface area (Å²) in [5, 5.41) is 8.34. The second kappa shape index (κ2) is 8.72. The average Bonchev–Trinajstić information content (AvgIpc) is 2.67. The van der Waals surface area contributed by atoms with Crippen molar-refractivity contribution in [3.63, 3.8) is 0 Å². The van der Waals surface area contributed by atoms with Crippen LogP contribution in [0.25, 0.3) is 0 Å². The van der Waals surface area contributed by atoms with Gasteiger partial charge in [-0.1, -0.05) is 24.3 Å². The molecule has 0 aliphatic carbocycles. The van der Waals surface area contributed by atoms with E-state index in [2.05, 4.69) is 25.9 Å². The van der Waals surface area contributed by atoms with Crippen LogP contribution in [0.4, 0.5) is 21.6 Å². The van der Waals surface area contributed by atoms with Crippen molar-refractivity contribution in [1.29, 1.82) is 0 Å². The number of aromatic nitrogens is 2. The lowest BCUT2D eigenvalue weighted by Gasteiger charge is -2.09. The predicted octanol–water partition coefficient (Wildman–Crippen LogP) is 3.25. The molecule has 0 saturated carbocycles. The van der Waals surface area contributed by atoms with Gasteiger partial charge in [0, 0.05) is 30.4 Å². The summed E-state index contributed by atoms with van der Waals surface area (Å²) in [4.78, 5) is 31.5. The van der Waals surface area contributed by atoms with Crippen LogP contribution in [0, 0.1) is 5.82 Å². The first kappa shape index (κ1) is 19.0. The van der Waals surface area contributed by atoms with Gasteiger partial charge in [0.2, 0.25) is 5.91 Å². The van der Waals surface area contributed by atoms with Gasteiger partial charge in [-0.05, 0) is 24.3 Å². The standard InChI is InChI=1S/C20H18FN5O2/c1-13(27)25-15-6-4-7-16(9-15)26-19-12-22-18(11-23-19)20(28)24-10-14-5-2-3-8-17(14)21/h2-9,11-12H,10H2,1H3,(H,23,26)(H,24,28)(H,25,27). The highest BCUT2D eigenvalue weighted by atomic mass is 19.1. The molecule has 28 heavy (non-hydrogen) atoms. The Bertz CT molecular complexity index is 992. The molecular weight excluding hydrogens is 361 g/mol. The van der Waals surface area contributed by atoms with Crippen LogP contribution in [0.1, 0.15) is 23.0 Å². The molecule has 0 fully saturated rings. The molecule has 0 unspecified atom stereocenters. The maximum absolute atomic E-state index is 13.6. The van der Waals surface area contributed by atoms with Crippen molar-refractivity contribution >= 4 is 29.0 Å². The summed E-state index contributed by atoms with van der Waals surface area (Å²) >= 11 is 0. The monoisotopic (exact) mass is 379 g/mol. The molecule has 0 aliphatic rings. The normalized spacial score (nSPS) is 10.2. The van der Waals surface area contributed by atoms with Gasteiger partial charge in [0.1, 0.15) is 17.3 Å². The van der Waals surface area contributed by atoms with Crippen molar-refractivity contribution < 1.29 is 14.0 Å². The molecule has 7 nitrogen and oxygen atoms in total. The SMILES string of the molecule is CC(=O)Nc1cccc(Nc2cnc(C(=O)NCc3ccccc3F)cn2)c1. The minimum atomic E-state index is -0.449. The van der Waals surface area contributed by atoms with Crippen molar-refractivity contribution in [3.05, 3.63) is 78.0 Å². The highest BCUT2D eigenvalue weighted by Gasteiger charge is 2.09. The summed E-state index contributed by atoms with van der Waals surface area (Å²) in [7, 11) is 0. The Morgan fingerprint density at radius 3 is 2.50 bits per heavy atom. The van der Waals surface area contributed by atoms with Gasteiger partial charge in [-0.15, -0.1) is 0 Å². The van der Waals surface area contributed by atoms with Gasteiger partial charge in [0.15, 0.2) is 0 Å². The molecule has 2 amide bonds. The topological polar surface area (TPSA) is 96.0 Å². The van der Waals surface area contributed by atoms with Gasteiger partial charge in [-0.3, -0.25) is 9.59 Å². The Morgan fingerprint density at radius 1 is 1.00 bits per heavy atom. The quantitative estimate of drug-likeness (QED) is 0.611. The summed E-state index contributed by atoms with van der Waals surface area (Å²) in [6.07, 6.45) is 2.75. The summed E-state index contributed by atoms with van der Waals surface area (Å²) in [6.45, 7) is 1.49. The molecule has 8 heteroatoms. The number of halogens is 1. The Hall–Kier alpha value is -3.81. The zero-order chi connectivity index (χ0) is 19.9. The van der Waals surface area contributed by atoms with Crippen molar-refractivity contribution in [2.24, 2.45) is 0 Å². The van der Waals surface area contributed by atoms with E-state index in [0.29, 0.717) is 22.8 Å². The van der Waals surface area contributed by atoms with Crippen LogP contribution in [0.2, 0.25) is 0 Å². The zero-order valence-corrected chi connectivity index (χ0v) is 15.1. The van der Waals surface area contributed by atoms with Crippen LogP contribution in [0.5, 0.6) is 0 Å². The van der Waals surface area contributed by atoms with Gasteiger partial charge in [-0.25, -0.2) is 14.4 Å². The van der Waals surface area contributed by atoms with Gasteiger partial charge < -0.3 is 16.0 Å². The van der Waals surface area contributed by atoms with Crippen LogP contribution < -0.4 is 16.0 Å². The maximum atomic E-state index is 13.6. The molecule has 0 spiro atoms. The molecule has 142 valence electrons. The van der Waals surface area contributed by atoms with E-state index in [4.69, 9.17) is 0 Å². The summed E-state index contributed by atoms with van der Waals surface area (Å²) in [5.41, 5.74) is 1.86. The summed E-state index contributed by atoms with van der Waals surface area (Å²) in [5.74, 6) is -0.557. The number of amides is 2. The Kier molecular flexibility index (Phi) is 5.91. The highest BCUT2D eigenvalue weighted by Crippen LogP contribution is 2.18. The number of nitrogens with zero attached hydrogens (tertiary/aromatic N) is 2. The van der Waals surface area contributed by atoms with Crippen LogP contribution in [0.15, 0.2) is 60.9 Å². The van der Waals surface area contributed by atoms with Crippen molar-refractivity contribution in [3.8, 4) is 0 Å². The fourth-order valence-electron chi connectivity index (χ4n) is 2.44. The zero-order valence-electron chi connectivity index (χ0n) is 15.1. The molecule has 1 heterocycles. The minimum absolute atomic E-state index is 0.0587. The van der Waals surface area contributed by atoms with Crippen LogP contribution in [-0.2, 0) is 11.3 Å². The number of nitrogens with one attached hydrogen (secondary N) is 3. The third-order valence-corrected chi connectivity index (χ3v) is 3.74. The summed E-state index contributed by atoms with van der Waals surface area (Å²) in [6, 6.07) is 13.3. The lowest BCUT2D eigenvalue weighted by Crippen LogP contribution is -2.24. The summed E-state index contributed by atoms with van der Waals surface area (Å²) < 4.78 is 13.6. The Labute approximate surface area is 161 Å². The first-order valence-electron chi connectivity index (χ1n) is 8.49. The lowest BCUT2D eigenvalue weighted by molar-refractivity contribution is -0.114. The minimum Gasteiger partial charge on any atom is -0.346 e. The first-order valence-corrected chi connectivity index (χ1v) is 8.49. The van der Waals surface area contributed by atoms with Crippen molar-refractivity contribution in [2.75, 3.05) is 10.6 Å². The van der Waals surface area contributed by atoms with E-state index in [1.54, 1.807) is 36.4 Å². The second-order valence-corrected chi connectivity index (χ2v) is 5.95. The van der Waals surface area contributed by atoms with E-state index in [1.165, 1.54) is 25.4 Å². The number of rotatable bonds is 6. The van der Waals surface area contributed by atoms with E-state index in [-0.39, 0.29) is 24.0 Å². The molecule has 2 aromatic carbocycles. The molecule has 0 saturated heterocycles. The van der Waals surface area contributed by atoms with Crippen molar-refractivity contribution in [1.82, 2.24) is 15.3 Å². The predicted molar refractivity (Wildman–Crippen MR) is 104 cm³/mol. The fourth-order valence-corrected chi connectivity index (χ4v) is 2.44. The molecule has 3 aromatic rings. The third kappa shape index (κ3) is 5.10. The Balaban J connectivity index is 1.61. The fraction of sp³-hybridized carbons (Fsp3) is 0.100. The molecule has 0 radical (unpaired) electrons. The van der Waals surface area contributed by atoms with E-state index < -0.39 is 5.91 Å². The van der Waals surface area contributed by atoms with Gasteiger partial charge in [0.25, 0.3) is 5.91 Å². The van der Waals surface area contributed by atoms with E-state index in [1.807, 2.05) is 6.07 Å². The smallest absolute Gasteiger partial charge is 0.271 e. The highest BCUT2D eigenvalue weighted by molar-refractivity contribution is 5.92. The van der Waals surface area contributed by atoms with Crippen molar-refractivity contribution in [2.45, 2.75) is 13.5 Å². The molecule has 0 bridgehead atoms. The number of carbonyl (C=O) groups is 2. The first-order chi connectivity index (χ1) is 13.5. The number of anilines is 3. The molecular formula is C20H18FN5O2. The van der Waals surface area contributed by atoms with Crippen LogP contribution in [0.3, 0.4) is 0 Å². The average molecular weight is 379 g/mol. The lowest BCUT2D eigenvalue weighted by atomic mass is 10.2. The molecule has 1 aromatic heterocycles. The molecule has 0 aliphatic heterocycles. The van der Waals surface area contributed by atoms with E-state index in [0.717, 1.165) is 0 Å². The molecule has 0 atom stereocenters. The number of hydrogen-bond donors (Lipinski definition) is 3. The second-order valence-electron chi connectivity index (χ2n) is 5.95. The van der Waals surface area contributed by atoms with E-state index >= 15 is 0 Å².